The number of amides is 1. The van der Waals surface area contributed by atoms with Crippen LogP contribution in [0.2, 0.25) is 0 Å². The fourth-order valence-electron chi connectivity index (χ4n) is 2.11. The predicted molar refractivity (Wildman–Crippen MR) is 94.8 cm³/mol. The van der Waals surface area contributed by atoms with Crippen LogP contribution < -0.4 is 10.0 Å². The first-order valence-corrected chi connectivity index (χ1v) is 9.89. The van der Waals surface area contributed by atoms with E-state index >= 15 is 0 Å². The van der Waals surface area contributed by atoms with Crippen LogP contribution in [-0.2, 0) is 21.0 Å². The van der Waals surface area contributed by atoms with E-state index in [0.717, 1.165) is 12.1 Å². The van der Waals surface area contributed by atoms with E-state index < -0.39 is 21.8 Å². The molecule has 0 heterocycles. The second kappa shape index (κ2) is 7.58. The van der Waals surface area contributed by atoms with Crippen molar-refractivity contribution >= 4 is 39.1 Å². The minimum atomic E-state index is -4.58. The Hall–Kier alpha value is -2.20. The quantitative estimate of drug-likeness (QED) is 0.733. The van der Waals surface area contributed by atoms with Crippen molar-refractivity contribution < 1.29 is 26.4 Å². The first-order valence-electron chi connectivity index (χ1n) is 7.18. The summed E-state index contributed by atoms with van der Waals surface area (Å²) in [5.41, 5.74) is -0.874. The monoisotopic (exact) mass is 404 g/mol. The predicted octanol–water partition coefficient (Wildman–Crippen LogP) is 4.19. The van der Waals surface area contributed by atoms with Crippen molar-refractivity contribution in [1.82, 2.24) is 0 Å². The minimum Gasteiger partial charge on any atom is -0.325 e. The molecule has 0 aliphatic heterocycles. The summed E-state index contributed by atoms with van der Waals surface area (Å²) in [6.45, 7) is 1.28. The Balaban J connectivity index is 2.37. The van der Waals surface area contributed by atoms with Crippen LogP contribution in [0.15, 0.2) is 52.3 Å². The van der Waals surface area contributed by atoms with Crippen LogP contribution in [-0.4, -0.2) is 20.6 Å². The second-order valence-electron chi connectivity index (χ2n) is 5.23. The zero-order chi connectivity index (χ0) is 19.5. The maximum Gasteiger partial charge on any atom is 0.416 e. The fourth-order valence-corrected chi connectivity index (χ4v) is 3.72. The number of hydrogen-bond donors (Lipinski definition) is 2. The lowest BCUT2D eigenvalue weighted by Crippen LogP contribution is -2.15. The molecule has 0 saturated heterocycles. The van der Waals surface area contributed by atoms with Gasteiger partial charge in [0.1, 0.15) is 0 Å². The summed E-state index contributed by atoms with van der Waals surface area (Å²) in [4.78, 5) is 11.7. The summed E-state index contributed by atoms with van der Waals surface area (Å²) < 4.78 is 65.4. The van der Waals surface area contributed by atoms with Gasteiger partial charge < -0.3 is 5.32 Å². The normalized spacial score (nSPS) is 11.9. The van der Waals surface area contributed by atoms with E-state index in [4.69, 9.17) is 0 Å². The largest absolute Gasteiger partial charge is 0.416 e. The third-order valence-electron chi connectivity index (χ3n) is 3.23. The standard InChI is InChI=1S/C16H15F3N2O3S2/c1-10(22)20-14-9-13(6-7-15(14)25-2)26(23,24)21-12-5-3-4-11(8-12)16(17,18)19/h3-9,21H,1-2H3,(H,20,22). The first kappa shape index (κ1) is 20.1. The highest BCUT2D eigenvalue weighted by molar-refractivity contribution is 7.98. The van der Waals surface area contributed by atoms with E-state index in [9.17, 15) is 26.4 Å². The number of nitrogens with one attached hydrogen (secondary N) is 2. The number of hydrogen-bond acceptors (Lipinski definition) is 4. The van der Waals surface area contributed by atoms with Crippen LogP contribution in [0.4, 0.5) is 24.5 Å². The molecule has 0 aliphatic carbocycles. The van der Waals surface area contributed by atoms with Crippen LogP contribution in [0.1, 0.15) is 12.5 Å². The van der Waals surface area contributed by atoms with Gasteiger partial charge in [-0.05, 0) is 42.7 Å². The molecule has 1 amide bonds. The number of carbonyl (C=O) groups excluding carboxylic acids is 1. The lowest BCUT2D eigenvalue weighted by Gasteiger charge is -2.13. The van der Waals surface area contributed by atoms with E-state index in [2.05, 4.69) is 10.0 Å². The highest BCUT2D eigenvalue weighted by Crippen LogP contribution is 2.32. The van der Waals surface area contributed by atoms with Crippen molar-refractivity contribution in [1.29, 1.82) is 0 Å². The number of halogens is 3. The smallest absolute Gasteiger partial charge is 0.325 e. The highest BCUT2D eigenvalue weighted by Gasteiger charge is 2.30. The fraction of sp³-hybridized carbons (Fsp3) is 0.188. The van der Waals surface area contributed by atoms with Crippen LogP contribution in [0.3, 0.4) is 0 Å². The summed E-state index contributed by atoms with van der Waals surface area (Å²) in [5, 5.41) is 2.53. The van der Waals surface area contributed by atoms with E-state index in [1.54, 1.807) is 6.26 Å². The summed E-state index contributed by atoms with van der Waals surface area (Å²) in [6, 6.07) is 7.97. The summed E-state index contributed by atoms with van der Waals surface area (Å²) in [5.74, 6) is -0.374. The van der Waals surface area contributed by atoms with Gasteiger partial charge in [-0.15, -0.1) is 11.8 Å². The molecule has 0 aliphatic rings. The van der Waals surface area contributed by atoms with Crippen molar-refractivity contribution in [2.24, 2.45) is 0 Å². The maximum absolute atomic E-state index is 12.8. The van der Waals surface area contributed by atoms with Crippen molar-refractivity contribution in [3.63, 3.8) is 0 Å². The molecule has 2 rings (SSSR count). The Morgan fingerprint density at radius 1 is 1.12 bits per heavy atom. The molecule has 140 valence electrons. The number of thioether (sulfide) groups is 1. The number of rotatable bonds is 5. The highest BCUT2D eigenvalue weighted by atomic mass is 32.2. The Morgan fingerprint density at radius 3 is 2.38 bits per heavy atom. The molecule has 0 fully saturated rings. The van der Waals surface area contributed by atoms with E-state index in [0.29, 0.717) is 16.6 Å². The second-order valence-corrected chi connectivity index (χ2v) is 7.76. The summed E-state index contributed by atoms with van der Waals surface area (Å²) >= 11 is 1.31. The van der Waals surface area contributed by atoms with Crippen molar-refractivity contribution in [2.75, 3.05) is 16.3 Å². The molecule has 2 aromatic carbocycles. The van der Waals surface area contributed by atoms with Gasteiger partial charge >= 0.3 is 6.18 Å². The zero-order valence-corrected chi connectivity index (χ0v) is 15.3. The van der Waals surface area contributed by atoms with Crippen LogP contribution >= 0.6 is 11.8 Å². The third-order valence-corrected chi connectivity index (χ3v) is 5.41. The van der Waals surface area contributed by atoms with Gasteiger partial charge in [-0.2, -0.15) is 13.2 Å². The molecule has 0 spiro atoms. The molecule has 0 saturated carbocycles. The van der Waals surface area contributed by atoms with Crippen LogP contribution in [0.5, 0.6) is 0 Å². The van der Waals surface area contributed by atoms with Crippen molar-refractivity contribution in [2.45, 2.75) is 22.9 Å². The van der Waals surface area contributed by atoms with Crippen molar-refractivity contribution in [3.05, 3.63) is 48.0 Å². The molecule has 10 heteroatoms. The molecule has 2 N–H and O–H groups in total. The van der Waals surface area contributed by atoms with E-state index in [-0.39, 0.29) is 16.5 Å². The van der Waals surface area contributed by atoms with Gasteiger partial charge in [0.15, 0.2) is 0 Å². The van der Waals surface area contributed by atoms with Gasteiger partial charge in [0.05, 0.1) is 16.1 Å². The average Bonchev–Trinajstić information content (AvgIpc) is 2.53. The Labute approximate surface area is 153 Å². The van der Waals surface area contributed by atoms with Crippen molar-refractivity contribution in [3.8, 4) is 0 Å². The number of carbonyl (C=O) groups is 1. The average molecular weight is 404 g/mol. The molecule has 0 radical (unpaired) electrons. The summed E-state index contributed by atoms with van der Waals surface area (Å²) in [6.07, 6.45) is -2.82. The number of benzene rings is 2. The van der Waals surface area contributed by atoms with Gasteiger partial charge in [0.25, 0.3) is 10.0 Å². The van der Waals surface area contributed by atoms with E-state index in [1.165, 1.54) is 43.0 Å². The van der Waals surface area contributed by atoms with Gasteiger partial charge in [-0.3, -0.25) is 9.52 Å². The number of sulfonamides is 1. The lowest BCUT2D eigenvalue weighted by molar-refractivity contribution is -0.137. The Kier molecular flexibility index (Phi) is 5.87. The third kappa shape index (κ3) is 4.92. The molecular weight excluding hydrogens is 389 g/mol. The molecular formula is C16H15F3N2O3S2. The SMILES string of the molecule is CSc1ccc(S(=O)(=O)Nc2cccc(C(F)(F)F)c2)cc1NC(C)=O. The first-order chi connectivity index (χ1) is 12.0. The van der Waals surface area contributed by atoms with Gasteiger partial charge in [0.2, 0.25) is 5.91 Å². The minimum absolute atomic E-state index is 0.184. The topological polar surface area (TPSA) is 75.3 Å². The Morgan fingerprint density at radius 2 is 1.81 bits per heavy atom. The maximum atomic E-state index is 12.8. The Bertz CT molecular complexity index is 929. The number of anilines is 2. The zero-order valence-electron chi connectivity index (χ0n) is 13.7. The molecule has 0 aromatic heterocycles. The number of alkyl halides is 3. The van der Waals surface area contributed by atoms with Crippen LogP contribution in [0, 0.1) is 0 Å². The van der Waals surface area contributed by atoms with Gasteiger partial charge in [-0.25, -0.2) is 8.42 Å². The van der Waals surface area contributed by atoms with Crippen LogP contribution in [0.25, 0.3) is 0 Å². The van der Waals surface area contributed by atoms with E-state index in [1.807, 2.05) is 0 Å². The lowest BCUT2D eigenvalue weighted by atomic mass is 10.2. The van der Waals surface area contributed by atoms with Gasteiger partial charge in [0, 0.05) is 17.5 Å². The molecule has 26 heavy (non-hydrogen) atoms. The molecule has 0 bridgehead atoms. The molecule has 2 aromatic rings. The molecule has 0 atom stereocenters. The van der Waals surface area contributed by atoms with Gasteiger partial charge in [-0.1, -0.05) is 6.07 Å². The molecule has 0 unspecified atom stereocenters. The molecule has 5 nitrogen and oxygen atoms in total. The summed E-state index contributed by atoms with van der Waals surface area (Å²) in [7, 11) is -4.14.